The van der Waals surface area contributed by atoms with Crippen molar-refractivity contribution < 1.29 is 14.4 Å². The number of aliphatic hydroxyl groups excluding tert-OH is 1. The van der Waals surface area contributed by atoms with Crippen LogP contribution in [-0.2, 0) is 11.3 Å². The fraction of sp³-hybridized carbons (Fsp3) is 0.333. The van der Waals surface area contributed by atoms with Gasteiger partial charge in [-0.05, 0) is 37.6 Å². The second-order valence-electron chi connectivity index (χ2n) is 6.68. The molecule has 1 fully saturated rings. The van der Waals surface area contributed by atoms with Gasteiger partial charge in [0.25, 0.3) is 0 Å². The molecular formula is C21H21N3O3. The molecule has 0 aliphatic carbocycles. The highest BCUT2D eigenvalue weighted by molar-refractivity contribution is 5.59. The molecule has 3 aromatic rings. The minimum atomic E-state index is -0.629. The Bertz CT molecular complexity index is 954. The molecule has 1 aliphatic rings. The van der Waals surface area contributed by atoms with Gasteiger partial charge < -0.3 is 18.9 Å². The molecule has 0 bridgehead atoms. The number of aromatic nitrogens is 3. The van der Waals surface area contributed by atoms with Gasteiger partial charge in [0.15, 0.2) is 5.76 Å². The molecule has 6 nitrogen and oxygen atoms in total. The molecule has 4 rings (SSSR count). The van der Waals surface area contributed by atoms with E-state index < -0.39 is 6.10 Å². The maximum Gasteiger partial charge on any atom is 0.167 e. The van der Waals surface area contributed by atoms with Crippen molar-refractivity contribution in [1.29, 1.82) is 0 Å². The third-order valence-electron chi connectivity index (χ3n) is 4.53. The van der Waals surface area contributed by atoms with Gasteiger partial charge in [-0.25, -0.2) is 4.98 Å². The van der Waals surface area contributed by atoms with Crippen LogP contribution in [-0.4, -0.2) is 33.0 Å². The predicted molar refractivity (Wildman–Crippen MR) is 99.7 cm³/mol. The van der Waals surface area contributed by atoms with E-state index in [2.05, 4.69) is 22.0 Å². The van der Waals surface area contributed by atoms with Crippen LogP contribution in [0.3, 0.4) is 0 Å². The zero-order chi connectivity index (χ0) is 18.6. The smallest absolute Gasteiger partial charge is 0.167 e. The Morgan fingerprint density at radius 2 is 2.19 bits per heavy atom. The van der Waals surface area contributed by atoms with Crippen molar-refractivity contribution in [2.24, 2.45) is 5.92 Å². The van der Waals surface area contributed by atoms with Crippen molar-refractivity contribution in [3.8, 4) is 23.2 Å². The average Bonchev–Trinajstić information content (AvgIpc) is 3.43. The molecular weight excluding hydrogens is 342 g/mol. The predicted octanol–water partition coefficient (Wildman–Crippen LogP) is 3.03. The van der Waals surface area contributed by atoms with Gasteiger partial charge in [-0.15, -0.1) is 0 Å². The van der Waals surface area contributed by atoms with Crippen LogP contribution in [0.5, 0.6) is 0 Å². The Balaban J connectivity index is 1.45. The Morgan fingerprint density at radius 3 is 2.93 bits per heavy atom. The number of hydrogen-bond donors (Lipinski definition) is 1. The van der Waals surface area contributed by atoms with Crippen LogP contribution in [0.1, 0.15) is 36.5 Å². The normalized spacial score (nSPS) is 17.5. The summed E-state index contributed by atoms with van der Waals surface area (Å²) in [6.45, 7) is 3.73. The molecule has 0 saturated carbocycles. The Hall–Kier alpha value is -2.88. The number of hydrogen-bond acceptors (Lipinski definition) is 5. The molecule has 1 saturated heterocycles. The minimum absolute atomic E-state index is 0.344. The van der Waals surface area contributed by atoms with E-state index in [-0.39, 0.29) is 0 Å². The molecule has 1 N–H and O–H groups in total. The maximum atomic E-state index is 9.75. The summed E-state index contributed by atoms with van der Waals surface area (Å²) in [5.74, 6) is 8.12. The van der Waals surface area contributed by atoms with Crippen molar-refractivity contribution >= 4 is 0 Å². The van der Waals surface area contributed by atoms with Crippen molar-refractivity contribution in [1.82, 2.24) is 14.7 Å². The van der Waals surface area contributed by atoms with Crippen LogP contribution in [0, 0.1) is 17.8 Å². The SMILES string of the molecule is C[C@H](O)c1nccn1Cc1cc(-c2ccc(C#CC3CCOC3)cc2)on1. The van der Waals surface area contributed by atoms with Gasteiger partial charge in [-0.2, -0.15) is 0 Å². The van der Waals surface area contributed by atoms with Gasteiger partial charge in [0.1, 0.15) is 17.6 Å². The van der Waals surface area contributed by atoms with Crippen molar-refractivity contribution in [2.75, 3.05) is 13.2 Å². The Kier molecular flexibility index (Phi) is 5.05. The van der Waals surface area contributed by atoms with E-state index >= 15 is 0 Å². The topological polar surface area (TPSA) is 73.3 Å². The third-order valence-corrected chi connectivity index (χ3v) is 4.53. The maximum absolute atomic E-state index is 9.75. The van der Waals surface area contributed by atoms with Gasteiger partial charge in [0.05, 0.1) is 13.2 Å². The second-order valence-corrected chi connectivity index (χ2v) is 6.68. The lowest BCUT2D eigenvalue weighted by Crippen LogP contribution is -2.07. The van der Waals surface area contributed by atoms with Crippen molar-refractivity contribution in [2.45, 2.75) is 26.0 Å². The van der Waals surface area contributed by atoms with Gasteiger partial charge in [0, 0.05) is 42.1 Å². The molecule has 3 heterocycles. The minimum Gasteiger partial charge on any atom is -0.385 e. The highest BCUT2D eigenvalue weighted by Gasteiger charge is 2.13. The number of aliphatic hydroxyl groups is 1. The number of nitrogens with zero attached hydrogens (tertiary/aromatic N) is 3. The molecule has 2 atom stereocenters. The van der Waals surface area contributed by atoms with Crippen molar-refractivity contribution in [3.63, 3.8) is 0 Å². The van der Waals surface area contributed by atoms with E-state index in [1.54, 1.807) is 13.1 Å². The molecule has 1 aromatic carbocycles. The zero-order valence-corrected chi connectivity index (χ0v) is 15.1. The number of ether oxygens (including phenoxy) is 1. The molecule has 2 aromatic heterocycles. The first-order valence-corrected chi connectivity index (χ1v) is 9.03. The lowest BCUT2D eigenvalue weighted by atomic mass is 10.1. The summed E-state index contributed by atoms with van der Waals surface area (Å²) >= 11 is 0. The molecule has 0 radical (unpaired) electrons. The van der Waals surface area contributed by atoms with Crippen LogP contribution in [0.15, 0.2) is 47.2 Å². The van der Waals surface area contributed by atoms with Gasteiger partial charge in [-0.3, -0.25) is 0 Å². The average molecular weight is 363 g/mol. The molecule has 0 amide bonds. The van der Waals surface area contributed by atoms with Gasteiger partial charge in [-0.1, -0.05) is 17.0 Å². The first kappa shape index (κ1) is 17.5. The van der Waals surface area contributed by atoms with Gasteiger partial charge >= 0.3 is 0 Å². The molecule has 1 unspecified atom stereocenters. The molecule has 138 valence electrons. The highest BCUT2D eigenvalue weighted by atomic mass is 16.5. The lowest BCUT2D eigenvalue weighted by molar-refractivity contribution is 0.184. The number of imidazole rings is 1. The molecule has 1 aliphatic heterocycles. The largest absolute Gasteiger partial charge is 0.385 e. The van der Waals surface area contributed by atoms with Gasteiger partial charge in [0.2, 0.25) is 0 Å². The molecule has 6 heteroatoms. The summed E-state index contributed by atoms with van der Waals surface area (Å²) in [5.41, 5.74) is 2.70. The fourth-order valence-corrected chi connectivity index (χ4v) is 3.07. The van der Waals surface area contributed by atoms with E-state index in [0.29, 0.717) is 24.0 Å². The van der Waals surface area contributed by atoms with E-state index in [1.807, 2.05) is 41.1 Å². The number of rotatable bonds is 4. The monoisotopic (exact) mass is 363 g/mol. The van der Waals surface area contributed by atoms with E-state index in [0.717, 1.165) is 36.5 Å². The van der Waals surface area contributed by atoms with Crippen LogP contribution < -0.4 is 0 Å². The van der Waals surface area contributed by atoms with Crippen LogP contribution in [0.2, 0.25) is 0 Å². The standard InChI is InChI=1S/C21H21N3O3/c1-15(25)21-22-9-10-24(21)13-19-12-20(27-23-19)18-6-4-16(5-7-18)2-3-17-8-11-26-14-17/h4-7,9-10,12,15,17,25H,8,11,13-14H2,1H3/t15-,17?/m0/s1. The van der Waals surface area contributed by atoms with E-state index in [1.165, 1.54) is 0 Å². The van der Waals surface area contributed by atoms with Crippen LogP contribution in [0.4, 0.5) is 0 Å². The van der Waals surface area contributed by atoms with Crippen LogP contribution in [0.25, 0.3) is 11.3 Å². The Morgan fingerprint density at radius 1 is 1.33 bits per heavy atom. The molecule has 27 heavy (non-hydrogen) atoms. The Labute approximate surface area is 157 Å². The first-order chi connectivity index (χ1) is 13.2. The summed E-state index contributed by atoms with van der Waals surface area (Å²) in [5, 5.41) is 13.9. The quantitative estimate of drug-likeness (QED) is 0.722. The van der Waals surface area contributed by atoms with E-state index in [4.69, 9.17) is 9.26 Å². The number of benzene rings is 1. The first-order valence-electron chi connectivity index (χ1n) is 9.03. The second kappa shape index (κ2) is 7.78. The lowest BCUT2D eigenvalue weighted by Gasteiger charge is -2.07. The summed E-state index contributed by atoms with van der Waals surface area (Å²) in [6, 6.07) is 9.85. The summed E-state index contributed by atoms with van der Waals surface area (Å²) in [4.78, 5) is 4.17. The summed E-state index contributed by atoms with van der Waals surface area (Å²) in [6.07, 6.45) is 3.87. The van der Waals surface area contributed by atoms with Crippen LogP contribution >= 0.6 is 0 Å². The van der Waals surface area contributed by atoms with E-state index in [9.17, 15) is 5.11 Å². The third kappa shape index (κ3) is 4.11. The molecule has 0 spiro atoms. The summed E-state index contributed by atoms with van der Waals surface area (Å²) in [7, 11) is 0. The van der Waals surface area contributed by atoms with Crippen molar-refractivity contribution in [3.05, 3.63) is 59.8 Å². The fourth-order valence-electron chi connectivity index (χ4n) is 3.07. The summed E-state index contributed by atoms with van der Waals surface area (Å²) < 4.78 is 12.7. The zero-order valence-electron chi connectivity index (χ0n) is 15.1. The highest BCUT2D eigenvalue weighted by Crippen LogP contribution is 2.22.